The van der Waals surface area contributed by atoms with Gasteiger partial charge in [-0.3, -0.25) is 0 Å². The SMILES string of the molecule is CCOCCCNC(=NCc1ccc(OC)cc1)NCC(O)c1ccc(Cl)s1.I. The summed E-state index contributed by atoms with van der Waals surface area (Å²) in [6.07, 6.45) is 0.231. The fourth-order valence-electron chi connectivity index (χ4n) is 2.40. The number of benzene rings is 1. The molecule has 6 nitrogen and oxygen atoms in total. The van der Waals surface area contributed by atoms with E-state index in [-0.39, 0.29) is 24.0 Å². The molecule has 0 aliphatic heterocycles. The van der Waals surface area contributed by atoms with Gasteiger partial charge in [0.05, 0.1) is 18.0 Å². The van der Waals surface area contributed by atoms with Crippen molar-refractivity contribution in [2.75, 3.05) is 33.4 Å². The normalized spacial score (nSPS) is 12.2. The fourth-order valence-corrected chi connectivity index (χ4v) is 3.45. The molecule has 0 aliphatic rings. The molecule has 1 unspecified atom stereocenters. The van der Waals surface area contributed by atoms with Crippen molar-refractivity contribution in [3.63, 3.8) is 0 Å². The van der Waals surface area contributed by atoms with Crippen molar-refractivity contribution in [3.8, 4) is 5.75 Å². The molecular formula is C20H29ClIN3O3S. The molecule has 0 radical (unpaired) electrons. The monoisotopic (exact) mass is 553 g/mol. The van der Waals surface area contributed by atoms with Crippen molar-refractivity contribution in [3.05, 3.63) is 51.2 Å². The topological polar surface area (TPSA) is 75.1 Å². The molecule has 0 fully saturated rings. The van der Waals surface area contributed by atoms with Crippen molar-refractivity contribution < 1.29 is 14.6 Å². The molecule has 1 atom stereocenters. The fraction of sp³-hybridized carbons (Fsp3) is 0.450. The van der Waals surface area contributed by atoms with Gasteiger partial charge in [0, 0.05) is 31.2 Å². The second-order valence-corrected chi connectivity index (χ2v) is 7.78. The number of methoxy groups -OCH3 is 1. The molecule has 1 aromatic heterocycles. The summed E-state index contributed by atoms with van der Waals surface area (Å²) < 4.78 is 11.2. The summed E-state index contributed by atoms with van der Waals surface area (Å²) in [6.45, 7) is 4.99. The first-order valence-corrected chi connectivity index (χ1v) is 10.5. The molecule has 1 heterocycles. The Kier molecular flexibility index (Phi) is 13.3. The maximum Gasteiger partial charge on any atom is 0.191 e. The summed E-state index contributed by atoms with van der Waals surface area (Å²) in [5.74, 6) is 1.46. The van der Waals surface area contributed by atoms with Crippen molar-refractivity contribution >= 4 is 52.9 Å². The summed E-state index contributed by atoms with van der Waals surface area (Å²) in [4.78, 5) is 5.44. The Morgan fingerprint density at radius 3 is 2.59 bits per heavy atom. The highest BCUT2D eigenvalue weighted by atomic mass is 127. The first-order chi connectivity index (χ1) is 13.6. The van der Waals surface area contributed by atoms with Crippen molar-refractivity contribution in [1.29, 1.82) is 0 Å². The highest BCUT2D eigenvalue weighted by molar-refractivity contribution is 14.0. The number of aliphatic imine (C=N–C) groups is 1. The Morgan fingerprint density at radius 1 is 1.21 bits per heavy atom. The van der Waals surface area contributed by atoms with Crippen LogP contribution in [0.15, 0.2) is 41.4 Å². The number of nitrogens with zero attached hydrogens (tertiary/aromatic N) is 1. The molecule has 2 rings (SSSR count). The van der Waals surface area contributed by atoms with Crippen LogP contribution in [0.2, 0.25) is 4.34 Å². The third-order valence-electron chi connectivity index (χ3n) is 3.93. The molecule has 0 aliphatic carbocycles. The summed E-state index contributed by atoms with van der Waals surface area (Å²) in [6, 6.07) is 11.4. The van der Waals surface area contributed by atoms with Gasteiger partial charge in [-0.05, 0) is 43.2 Å². The predicted molar refractivity (Wildman–Crippen MR) is 131 cm³/mol. The lowest BCUT2D eigenvalue weighted by Gasteiger charge is -2.15. The molecule has 2 aromatic rings. The smallest absolute Gasteiger partial charge is 0.191 e. The van der Waals surface area contributed by atoms with Gasteiger partial charge in [0.15, 0.2) is 5.96 Å². The minimum absolute atomic E-state index is 0. The van der Waals surface area contributed by atoms with Crippen LogP contribution in [0, 0.1) is 0 Å². The van der Waals surface area contributed by atoms with Gasteiger partial charge in [0.2, 0.25) is 0 Å². The van der Waals surface area contributed by atoms with E-state index in [1.807, 2.05) is 37.3 Å². The quantitative estimate of drug-likeness (QED) is 0.168. The molecule has 9 heteroatoms. The van der Waals surface area contributed by atoms with Crippen molar-refractivity contribution in [1.82, 2.24) is 10.6 Å². The number of nitrogens with one attached hydrogen (secondary N) is 2. The van der Waals surface area contributed by atoms with Crippen LogP contribution in [-0.4, -0.2) is 44.5 Å². The number of thiophene rings is 1. The van der Waals surface area contributed by atoms with Crippen LogP contribution in [0.25, 0.3) is 0 Å². The minimum Gasteiger partial charge on any atom is -0.497 e. The van der Waals surface area contributed by atoms with Crippen LogP contribution in [0.4, 0.5) is 0 Å². The number of aliphatic hydroxyl groups is 1. The van der Waals surface area contributed by atoms with Crippen LogP contribution in [0.5, 0.6) is 5.75 Å². The average molecular weight is 554 g/mol. The molecule has 0 amide bonds. The van der Waals surface area contributed by atoms with Gasteiger partial charge >= 0.3 is 0 Å². The predicted octanol–water partition coefficient (Wildman–Crippen LogP) is 4.22. The molecule has 0 spiro atoms. The number of halogens is 2. The lowest BCUT2D eigenvalue weighted by atomic mass is 10.2. The second-order valence-electron chi connectivity index (χ2n) is 6.03. The zero-order valence-electron chi connectivity index (χ0n) is 16.7. The van der Waals surface area contributed by atoms with Gasteiger partial charge in [-0.15, -0.1) is 35.3 Å². The Hall–Kier alpha value is -1.07. The van der Waals surface area contributed by atoms with Crippen molar-refractivity contribution in [2.45, 2.75) is 26.0 Å². The Balaban J connectivity index is 0.00000420. The number of hydrogen-bond acceptors (Lipinski definition) is 5. The Labute approximate surface area is 198 Å². The van der Waals surface area contributed by atoms with Crippen LogP contribution < -0.4 is 15.4 Å². The number of ether oxygens (including phenoxy) is 2. The first kappa shape index (κ1) is 26.0. The van der Waals surface area contributed by atoms with E-state index in [2.05, 4.69) is 15.6 Å². The van der Waals surface area contributed by atoms with Gasteiger partial charge in [0.1, 0.15) is 11.9 Å². The van der Waals surface area contributed by atoms with Crippen LogP contribution in [-0.2, 0) is 11.3 Å². The van der Waals surface area contributed by atoms with Gasteiger partial charge in [-0.1, -0.05) is 23.7 Å². The van der Waals surface area contributed by atoms with Crippen LogP contribution >= 0.6 is 46.9 Å². The molecule has 0 bridgehead atoms. The van der Waals surface area contributed by atoms with E-state index in [1.165, 1.54) is 11.3 Å². The number of hydrogen-bond donors (Lipinski definition) is 3. The molecule has 0 saturated heterocycles. The highest BCUT2D eigenvalue weighted by Crippen LogP contribution is 2.26. The summed E-state index contributed by atoms with van der Waals surface area (Å²) >= 11 is 7.32. The number of aliphatic hydroxyl groups excluding tert-OH is 1. The summed E-state index contributed by atoms with van der Waals surface area (Å²) in [5, 5.41) is 16.8. The van der Waals surface area contributed by atoms with Crippen molar-refractivity contribution in [2.24, 2.45) is 4.99 Å². The average Bonchev–Trinajstić information content (AvgIpc) is 3.16. The second kappa shape index (κ2) is 14.8. The largest absolute Gasteiger partial charge is 0.497 e. The Bertz CT molecular complexity index is 728. The maximum atomic E-state index is 10.3. The third-order valence-corrected chi connectivity index (χ3v) is 5.26. The molecule has 1 aromatic carbocycles. The van der Waals surface area contributed by atoms with Gasteiger partial charge in [0.25, 0.3) is 0 Å². The van der Waals surface area contributed by atoms with E-state index < -0.39 is 6.10 Å². The third kappa shape index (κ3) is 9.99. The van der Waals surface area contributed by atoms with Crippen LogP contribution in [0.3, 0.4) is 0 Å². The maximum absolute atomic E-state index is 10.3. The zero-order valence-corrected chi connectivity index (χ0v) is 20.6. The zero-order chi connectivity index (χ0) is 20.2. The molecule has 162 valence electrons. The van der Waals surface area contributed by atoms with E-state index in [0.29, 0.717) is 36.6 Å². The highest BCUT2D eigenvalue weighted by Gasteiger charge is 2.11. The first-order valence-electron chi connectivity index (χ1n) is 9.28. The summed E-state index contributed by atoms with van der Waals surface area (Å²) in [7, 11) is 1.65. The van der Waals surface area contributed by atoms with Gasteiger partial charge < -0.3 is 25.2 Å². The van der Waals surface area contributed by atoms with E-state index in [0.717, 1.165) is 29.2 Å². The van der Waals surface area contributed by atoms with E-state index in [9.17, 15) is 5.11 Å². The Morgan fingerprint density at radius 2 is 1.97 bits per heavy atom. The summed E-state index contributed by atoms with van der Waals surface area (Å²) in [5.41, 5.74) is 1.07. The van der Waals surface area contributed by atoms with E-state index in [4.69, 9.17) is 21.1 Å². The molecule has 29 heavy (non-hydrogen) atoms. The minimum atomic E-state index is -0.645. The molecular weight excluding hydrogens is 525 g/mol. The van der Waals surface area contributed by atoms with Crippen LogP contribution in [0.1, 0.15) is 29.9 Å². The number of guanidine groups is 1. The van der Waals surface area contributed by atoms with E-state index >= 15 is 0 Å². The molecule has 0 saturated carbocycles. The van der Waals surface area contributed by atoms with E-state index in [1.54, 1.807) is 13.2 Å². The lowest BCUT2D eigenvalue weighted by molar-refractivity contribution is 0.145. The van der Waals surface area contributed by atoms with Gasteiger partial charge in [-0.2, -0.15) is 0 Å². The van der Waals surface area contributed by atoms with Gasteiger partial charge in [-0.25, -0.2) is 4.99 Å². The standard InChI is InChI=1S/C20H28ClN3O3S.HI/c1-3-27-12-4-11-22-20(23-13-15-5-7-16(26-2)8-6-15)24-14-17(25)18-9-10-19(21)28-18;/h5-10,17,25H,3-4,11-14H2,1-2H3,(H2,22,23,24);1H. The molecule has 3 N–H and O–H groups in total. The lowest BCUT2D eigenvalue weighted by Crippen LogP contribution is -2.40. The number of rotatable bonds is 11.